The lowest BCUT2D eigenvalue weighted by Gasteiger charge is -2.53. The third-order valence-corrected chi connectivity index (χ3v) is 5.99. The van der Waals surface area contributed by atoms with E-state index >= 15 is 0 Å². The van der Waals surface area contributed by atoms with Crippen molar-refractivity contribution in [3.8, 4) is 0 Å². The lowest BCUT2D eigenvalue weighted by Crippen LogP contribution is -2.59. The maximum atomic E-state index is 6.15. The van der Waals surface area contributed by atoms with Gasteiger partial charge in [0.1, 0.15) is 0 Å². The van der Waals surface area contributed by atoms with Crippen LogP contribution in [0.2, 0.25) is 0 Å². The van der Waals surface area contributed by atoms with E-state index in [-0.39, 0.29) is 5.41 Å². The SMILES string of the molecule is c1cncc(COCC23CCCOC2CCN(C2CCC2)C3)c1. The number of likely N-dealkylation sites (tertiary alicyclic amines) is 1. The molecule has 3 fully saturated rings. The highest BCUT2D eigenvalue weighted by molar-refractivity contribution is 5.07. The van der Waals surface area contributed by atoms with Gasteiger partial charge in [0.2, 0.25) is 0 Å². The molecule has 4 nitrogen and oxygen atoms in total. The van der Waals surface area contributed by atoms with Gasteiger partial charge in [0.05, 0.1) is 19.3 Å². The number of aromatic nitrogens is 1. The van der Waals surface area contributed by atoms with Crippen molar-refractivity contribution in [2.24, 2.45) is 5.41 Å². The number of pyridine rings is 1. The third kappa shape index (κ3) is 3.30. The monoisotopic (exact) mass is 316 g/mol. The summed E-state index contributed by atoms with van der Waals surface area (Å²) < 4.78 is 12.3. The molecule has 0 bridgehead atoms. The predicted octanol–water partition coefficient (Wildman–Crippen LogP) is 3.02. The molecule has 1 aliphatic carbocycles. The molecule has 2 unspecified atom stereocenters. The molecule has 2 saturated heterocycles. The molecular weight excluding hydrogens is 288 g/mol. The summed E-state index contributed by atoms with van der Waals surface area (Å²) in [5, 5.41) is 0. The quantitative estimate of drug-likeness (QED) is 0.836. The Bertz CT molecular complexity index is 505. The fraction of sp³-hybridized carbons (Fsp3) is 0.737. The van der Waals surface area contributed by atoms with Crippen LogP contribution in [0.15, 0.2) is 24.5 Å². The van der Waals surface area contributed by atoms with Crippen molar-refractivity contribution >= 4 is 0 Å². The molecule has 3 aliphatic rings. The minimum atomic E-state index is 0.203. The van der Waals surface area contributed by atoms with Gasteiger partial charge in [-0.05, 0) is 43.7 Å². The summed E-state index contributed by atoms with van der Waals surface area (Å²) >= 11 is 0. The average Bonchev–Trinajstić information content (AvgIpc) is 2.54. The Kier molecular flexibility index (Phi) is 4.65. The van der Waals surface area contributed by atoms with E-state index in [0.717, 1.165) is 31.4 Å². The molecule has 1 saturated carbocycles. The van der Waals surface area contributed by atoms with E-state index < -0.39 is 0 Å². The van der Waals surface area contributed by atoms with Crippen molar-refractivity contribution < 1.29 is 9.47 Å². The molecule has 4 rings (SSSR count). The van der Waals surface area contributed by atoms with Crippen LogP contribution in [0.1, 0.15) is 44.1 Å². The van der Waals surface area contributed by atoms with Gasteiger partial charge >= 0.3 is 0 Å². The molecule has 1 aromatic rings. The Morgan fingerprint density at radius 2 is 2.26 bits per heavy atom. The minimum absolute atomic E-state index is 0.203. The standard InChI is InChI=1S/C19H28N2O2/c1-5-17(6-1)21-10-7-18-19(14-21,8-3-11-23-18)15-22-13-16-4-2-9-20-12-16/h2,4,9,12,17-18H,1,3,5-8,10-11,13-15H2. The molecule has 0 amide bonds. The molecule has 2 atom stereocenters. The van der Waals surface area contributed by atoms with E-state index in [1.807, 2.05) is 18.5 Å². The van der Waals surface area contributed by atoms with Crippen molar-refractivity contribution in [2.45, 2.75) is 57.3 Å². The normalized spacial score (nSPS) is 32.3. The third-order valence-electron chi connectivity index (χ3n) is 5.99. The molecule has 0 aromatic carbocycles. The first-order valence-electron chi connectivity index (χ1n) is 9.18. The topological polar surface area (TPSA) is 34.6 Å². The summed E-state index contributed by atoms with van der Waals surface area (Å²) in [6.45, 7) is 4.77. The van der Waals surface area contributed by atoms with Gasteiger partial charge in [0.15, 0.2) is 0 Å². The summed E-state index contributed by atoms with van der Waals surface area (Å²) in [6, 6.07) is 4.89. The highest BCUT2D eigenvalue weighted by Crippen LogP contribution is 2.42. The van der Waals surface area contributed by atoms with E-state index in [2.05, 4.69) is 16.0 Å². The van der Waals surface area contributed by atoms with E-state index in [0.29, 0.717) is 12.7 Å². The zero-order chi connectivity index (χ0) is 15.5. The second-order valence-corrected chi connectivity index (χ2v) is 7.52. The number of hydrogen-bond donors (Lipinski definition) is 0. The number of ether oxygens (including phenoxy) is 2. The molecule has 23 heavy (non-hydrogen) atoms. The summed E-state index contributed by atoms with van der Waals surface area (Å²) in [6.07, 6.45) is 11.9. The van der Waals surface area contributed by atoms with Gasteiger partial charge in [-0.25, -0.2) is 0 Å². The largest absolute Gasteiger partial charge is 0.377 e. The molecule has 0 spiro atoms. The van der Waals surface area contributed by atoms with Crippen molar-refractivity contribution in [1.82, 2.24) is 9.88 Å². The van der Waals surface area contributed by atoms with E-state index in [9.17, 15) is 0 Å². The average molecular weight is 316 g/mol. The second kappa shape index (κ2) is 6.88. The molecule has 0 N–H and O–H groups in total. The first-order valence-corrected chi connectivity index (χ1v) is 9.18. The molecule has 4 heteroatoms. The van der Waals surface area contributed by atoms with Gasteiger partial charge in [0, 0.05) is 43.5 Å². The van der Waals surface area contributed by atoms with Gasteiger partial charge in [-0.3, -0.25) is 9.88 Å². The number of fused-ring (bicyclic) bond motifs is 1. The highest BCUT2D eigenvalue weighted by Gasteiger charge is 2.47. The molecule has 1 aromatic heterocycles. The Hall–Kier alpha value is -0.970. The maximum Gasteiger partial charge on any atom is 0.0732 e. The molecular formula is C19H28N2O2. The van der Waals surface area contributed by atoms with Crippen molar-refractivity contribution in [1.29, 1.82) is 0 Å². The number of nitrogens with zero attached hydrogens (tertiary/aromatic N) is 2. The zero-order valence-corrected chi connectivity index (χ0v) is 14.0. The second-order valence-electron chi connectivity index (χ2n) is 7.52. The summed E-state index contributed by atoms with van der Waals surface area (Å²) in [5.74, 6) is 0. The van der Waals surface area contributed by atoms with Crippen LogP contribution in [0.3, 0.4) is 0 Å². The van der Waals surface area contributed by atoms with Crippen LogP contribution in [0.4, 0.5) is 0 Å². The van der Waals surface area contributed by atoms with Crippen LogP contribution >= 0.6 is 0 Å². The van der Waals surface area contributed by atoms with Crippen molar-refractivity contribution in [3.05, 3.63) is 30.1 Å². The summed E-state index contributed by atoms with van der Waals surface area (Å²) in [4.78, 5) is 6.90. The van der Waals surface area contributed by atoms with Crippen LogP contribution in [-0.4, -0.2) is 48.3 Å². The van der Waals surface area contributed by atoms with Crippen LogP contribution < -0.4 is 0 Å². The number of rotatable bonds is 5. The summed E-state index contributed by atoms with van der Waals surface area (Å²) in [7, 11) is 0. The number of hydrogen-bond acceptors (Lipinski definition) is 4. The highest BCUT2D eigenvalue weighted by atomic mass is 16.5. The first kappa shape index (κ1) is 15.6. The van der Waals surface area contributed by atoms with Crippen LogP contribution in [0.5, 0.6) is 0 Å². The van der Waals surface area contributed by atoms with Gasteiger partial charge in [-0.2, -0.15) is 0 Å². The van der Waals surface area contributed by atoms with E-state index in [1.54, 1.807) is 0 Å². The van der Waals surface area contributed by atoms with E-state index in [4.69, 9.17) is 9.47 Å². The fourth-order valence-corrected chi connectivity index (χ4v) is 4.45. The lowest BCUT2D eigenvalue weighted by atomic mass is 9.72. The van der Waals surface area contributed by atoms with Crippen LogP contribution in [0, 0.1) is 5.41 Å². The zero-order valence-electron chi connectivity index (χ0n) is 14.0. The smallest absolute Gasteiger partial charge is 0.0732 e. The first-order chi connectivity index (χ1) is 11.4. The number of piperidine rings is 1. The Balaban J connectivity index is 1.40. The Morgan fingerprint density at radius 1 is 1.30 bits per heavy atom. The molecule has 126 valence electrons. The molecule has 2 aliphatic heterocycles. The Labute approximate surface area is 139 Å². The van der Waals surface area contributed by atoms with Gasteiger partial charge in [-0.15, -0.1) is 0 Å². The van der Waals surface area contributed by atoms with E-state index in [1.165, 1.54) is 45.1 Å². The fourth-order valence-electron chi connectivity index (χ4n) is 4.45. The lowest BCUT2D eigenvalue weighted by molar-refractivity contribution is -0.162. The van der Waals surface area contributed by atoms with Crippen LogP contribution in [-0.2, 0) is 16.1 Å². The van der Waals surface area contributed by atoms with Gasteiger partial charge in [-0.1, -0.05) is 12.5 Å². The molecule has 3 heterocycles. The Morgan fingerprint density at radius 3 is 3.04 bits per heavy atom. The van der Waals surface area contributed by atoms with Crippen molar-refractivity contribution in [3.63, 3.8) is 0 Å². The van der Waals surface area contributed by atoms with Gasteiger partial charge < -0.3 is 9.47 Å². The summed E-state index contributed by atoms with van der Waals surface area (Å²) in [5.41, 5.74) is 1.36. The predicted molar refractivity (Wildman–Crippen MR) is 89.1 cm³/mol. The minimum Gasteiger partial charge on any atom is -0.377 e. The van der Waals surface area contributed by atoms with Crippen LogP contribution in [0.25, 0.3) is 0 Å². The van der Waals surface area contributed by atoms with Gasteiger partial charge in [0.25, 0.3) is 0 Å². The maximum absolute atomic E-state index is 6.15. The van der Waals surface area contributed by atoms with Crippen molar-refractivity contribution in [2.75, 3.05) is 26.3 Å². The molecule has 0 radical (unpaired) electrons.